The van der Waals surface area contributed by atoms with Crippen LogP contribution in [0, 0.1) is 34.5 Å². The Balaban J connectivity index is 1.11. The molecule has 0 bridgehead atoms. The smallest absolute Gasteiger partial charge is 0.151 e. The number of alkyl halides is 2. The van der Waals surface area contributed by atoms with Gasteiger partial charge in [-0.05, 0) is 139 Å². The molecule has 212 valence electrons. The molecule has 0 atom stereocenters. The quantitative estimate of drug-likeness (QED) is 0.280. The van der Waals surface area contributed by atoms with E-state index >= 15 is 0 Å². The fraction of sp³-hybridized carbons (Fsp3) is 0.969. The van der Waals surface area contributed by atoms with Gasteiger partial charge in [-0.3, -0.25) is 4.79 Å². The number of ketones is 1. The maximum absolute atomic E-state index is 14.0. The third kappa shape index (κ3) is 5.19. The number of rotatable bonds is 8. The molecule has 0 N–H and O–H groups in total. The molecule has 5 aliphatic carbocycles. The summed E-state index contributed by atoms with van der Waals surface area (Å²) >= 11 is 14.6. The van der Waals surface area contributed by atoms with Crippen LogP contribution in [0.3, 0.4) is 0 Å². The number of carbonyl (C=O) groups excluding carboxylic acids is 1. The molecule has 0 amide bonds. The van der Waals surface area contributed by atoms with Crippen molar-refractivity contribution in [3.8, 4) is 0 Å². The summed E-state index contributed by atoms with van der Waals surface area (Å²) in [6.45, 7) is 6.17. The Morgan fingerprint density at radius 2 is 0.919 bits per heavy atom. The Labute approximate surface area is 236 Å². The minimum absolute atomic E-state index is 0.440. The fourth-order valence-corrected chi connectivity index (χ4v) is 10.6. The normalized spacial score (nSPS) is 44.2. The monoisotopic (exact) mass is 554 g/mol. The first-order valence-electron chi connectivity index (χ1n) is 16.0. The van der Waals surface area contributed by atoms with Crippen molar-refractivity contribution < 1.29 is 14.3 Å². The van der Waals surface area contributed by atoms with Gasteiger partial charge in [0.2, 0.25) is 0 Å². The van der Waals surface area contributed by atoms with Crippen molar-refractivity contribution in [2.75, 3.05) is 13.2 Å². The molecule has 0 aromatic carbocycles. The Bertz CT molecular complexity index is 690. The molecule has 2 spiro atoms. The SMILES string of the molecule is CCCOC1CCC(C2CCC3(CC2)C(=O)C2(CCC(C4CCC(OCCC)CC4)CC2)C3(Cl)Cl)CC1. The van der Waals surface area contributed by atoms with Crippen LogP contribution in [0.15, 0.2) is 0 Å². The number of hydrogen-bond acceptors (Lipinski definition) is 3. The Morgan fingerprint density at radius 1 is 0.595 bits per heavy atom. The molecule has 0 heterocycles. The highest BCUT2D eigenvalue weighted by atomic mass is 35.5. The van der Waals surface area contributed by atoms with Crippen LogP contribution in [0.5, 0.6) is 0 Å². The molecule has 3 nitrogen and oxygen atoms in total. The molecular formula is C32H52Cl2O3. The lowest BCUT2D eigenvalue weighted by atomic mass is 9.41. The van der Waals surface area contributed by atoms with E-state index in [9.17, 15) is 4.79 Å². The summed E-state index contributed by atoms with van der Waals surface area (Å²) in [7, 11) is 0. The summed E-state index contributed by atoms with van der Waals surface area (Å²) in [4.78, 5) is 14.0. The van der Waals surface area contributed by atoms with Crippen molar-refractivity contribution >= 4 is 29.0 Å². The molecule has 0 aromatic heterocycles. The van der Waals surface area contributed by atoms with Gasteiger partial charge in [0, 0.05) is 13.2 Å². The first-order chi connectivity index (χ1) is 17.9. The van der Waals surface area contributed by atoms with Crippen molar-refractivity contribution in [2.24, 2.45) is 34.5 Å². The van der Waals surface area contributed by atoms with Crippen molar-refractivity contribution in [1.82, 2.24) is 0 Å². The molecule has 37 heavy (non-hydrogen) atoms. The van der Waals surface area contributed by atoms with Gasteiger partial charge in [-0.1, -0.05) is 37.0 Å². The second kappa shape index (κ2) is 12.0. The number of hydrogen-bond donors (Lipinski definition) is 0. The van der Waals surface area contributed by atoms with E-state index in [0.717, 1.165) is 101 Å². The lowest BCUT2D eigenvalue weighted by Gasteiger charge is -2.67. The second-order valence-corrected chi connectivity index (χ2v) is 14.9. The summed E-state index contributed by atoms with van der Waals surface area (Å²) in [5.41, 5.74) is -0.953. The molecule has 5 saturated carbocycles. The summed E-state index contributed by atoms with van der Waals surface area (Å²) in [5.74, 6) is 3.49. The van der Waals surface area contributed by atoms with E-state index in [4.69, 9.17) is 32.7 Å². The van der Waals surface area contributed by atoms with Gasteiger partial charge in [-0.25, -0.2) is 0 Å². The van der Waals surface area contributed by atoms with E-state index in [-0.39, 0.29) is 0 Å². The molecule has 5 heteroatoms. The van der Waals surface area contributed by atoms with Crippen LogP contribution in [0.25, 0.3) is 0 Å². The topological polar surface area (TPSA) is 35.5 Å². The average molecular weight is 556 g/mol. The number of ether oxygens (including phenoxy) is 2. The molecule has 5 aliphatic rings. The van der Waals surface area contributed by atoms with Crippen molar-refractivity contribution in [2.45, 2.75) is 146 Å². The number of carbonyl (C=O) groups is 1. The Kier molecular flexibility index (Phi) is 9.27. The highest BCUT2D eigenvalue weighted by molar-refractivity contribution is 6.55. The van der Waals surface area contributed by atoms with Crippen LogP contribution >= 0.6 is 23.2 Å². The predicted octanol–water partition coefficient (Wildman–Crippen LogP) is 9.07. The molecule has 0 unspecified atom stereocenters. The van der Waals surface area contributed by atoms with Crippen LogP contribution in [-0.4, -0.2) is 35.5 Å². The number of Topliss-reactive ketones (excluding diaryl/α,β-unsaturated/α-hetero) is 1. The predicted molar refractivity (Wildman–Crippen MR) is 152 cm³/mol. The molecule has 0 aliphatic heterocycles. The van der Waals surface area contributed by atoms with Crippen molar-refractivity contribution in [3.63, 3.8) is 0 Å². The largest absolute Gasteiger partial charge is 0.378 e. The summed E-state index contributed by atoms with van der Waals surface area (Å²) in [5, 5.41) is 0. The maximum atomic E-state index is 14.0. The van der Waals surface area contributed by atoms with E-state index in [1.807, 2.05) is 0 Å². The van der Waals surface area contributed by atoms with Crippen LogP contribution < -0.4 is 0 Å². The van der Waals surface area contributed by atoms with Gasteiger partial charge in [0.1, 0.15) is 4.33 Å². The Morgan fingerprint density at radius 3 is 1.22 bits per heavy atom. The minimum atomic E-state index is -0.871. The van der Waals surface area contributed by atoms with E-state index < -0.39 is 15.2 Å². The van der Waals surface area contributed by atoms with Gasteiger partial charge < -0.3 is 9.47 Å². The lowest BCUT2D eigenvalue weighted by Crippen LogP contribution is -2.74. The van der Waals surface area contributed by atoms with E-state index in [1.165, 1.54) is 51.4 Å². The first-order valence-corrected chi connectivity index (χ1v) is 16.8. The van der Waals surface area contributed by atoms with Gasteiger partial charge in [0.25, 0.3) is 0 Å². The minimum Gasteiger partial charge on any atom is -0.378 e. The standard InChI is InChI=1S/C32H52Cl2O3/c1-3-21-36-27-9-5-23(6-10-27)25-13-17-30(18-14-25)29(35)31(32(30,33)34)19-15-26(16-20-31)24-7-11-28(12-8-24)37-22-4-2/h23-28H,3-22H2,1-2H3. The van der Waals surface area contributed by atoms with Gasteiger partial charge in [0.15, 0.2) is 5.78 Å². The van der Waals surface area contributed by atoms with Gasteiger partial charge in [0.05, 0.1) is 23.0 Å². The van der Waals surface area contributed by atoms with E-state index in [2.05, 4.69) is 13.8 Å². The van der Waals surface area contributed by atoms with Crippen LogP contribution in [0.1, 0.15) is 129 Å². The molecule has 0 aromatic rings. The van der Waals surface area contributed by atoms with E-state index in [0.29, 0.717) is 18.0 Å². The molecule has 0 radical (unpaired) electrons. The zero-order chi connectivity index (χ0) is 26.1. The summed E-state index contributed by atoms with van der Waals surface area (Å²) < 4.78 is 11.2. The van der Waals surface area contributed by atoms with Crippen LogP contribution in [0.4, 0.5) is 0 Å². The third-order valence-electron chi connectivity index (χ3n) is 11.7. The van der Waals surface area contributed by atoms with Crippen LogP contribution in [0.2, 0.25) is 0 Å². The summed E-state index contributed by atoms with van der Waals surface area (Å²) in [6, 6.07) is 0. The third-order valence-corrected chi connectivity index (χ3v) is 13.2. The van der Waals surface area contributed by atoms with Gasteiger partial charge in [-0.15, -0.1) is 0 Å². The highest BCUT2D eigenvalue weighted by Gasteiger charge is 2.79. The molecule has 0 saturated heterocycles. The Hall–Kier alpha value is 0.170. The summed E-state index contributed by atoms with van der Waals surface area (Å²) in [6.07, 6.45) is 21.2. The van der Waals surface area contributed by atoms with Crippen molar-refractivity contribution in [1.29, 1.82) is 0 Å². The molecular weight excluding hydrogens is 503 g/mol. The van der Waals surface area contributed by atoms with E-state index in [1.54, 1.807) is 0 Å². The lowest BCUT2D eigenvalue weighted by molar-refractivity contribution is -0.173. The van der Waals surface area contributed by atoms with Crippen molar-refractivity contribution in [3.05, 3.63) is 0 Å². The highest BCUT2D eigenvalue weighted by Crippen LogP contribution is 2.75. The van der Waals surface area contributed by atoms with Gasteiger partial charge >= 0.3 is 0 Å². The zero-order valence-corrected chi connectivity index (χ0v) is 25.1. The van der Waals surface area contributed by atoms with Crippen LogP contribution in [-0.2, 0) is 14.3 Å². The molecule has 5 rings (SSSR count). The van der Waals surface area contributed by atoms with Gasteiger partial charge in [-0.2, -0.15) is 0 Å². The molecule has 5 fully saturated rings. The zero-order valence-electron chi connectivity index (χ0n) is 23.6. The second-order valence-electron chi connectivity index (χ2n) is 13.6. The number of halogens is 2. The first kappa shape index (κ1) is 28.7. The maximum Gasteiger partial charge on any atom is 0.151 e. The average Bonchev–Trinajstić information content (AvgIpc) is 2.95. The fourth-order valence-electron chi connectivity index (χ4n) is 9.45.